The summed E-state index contributed by atoms with van der Waals surface area (Å²) in [6, 6.07) is -1.45. The van der Waals surface area contributed by atoms with E-state index in [1.807, 2.05) is 52.0 Å². The summed E-state index contributed by atoms with van der Waals surface area (Å²) in [7, 11) is 0. The summed E-state index contributed by atoms with van der Waals surface area (Å²) in [5.74, 6) is -2.11. The number of amides is 3. The summed E-state index contributed by atoms with van der Waals surface area (Å²) in [5.41, 5.74) is -2.26. The minimum atomic E-state index is -1.26. The first-order chi connectivity index (χ1) is 17.2. The van der Waals surface area contributed by atoms with Gasteiger partial charge in [-0.05, 0) is 25.7 Å². The Kier molecular flexibility index (Phi) is 7.68. The number of hydrogen-bond acceptors (Lipinski definition) is 5. The third kappa shape index (κ3) is 4.01. The molecule has 1 unspecified atom stereocenters. The number of rotatable bonds is 9. The second-order valence-corrected chi connectivity index (χ2v) is 11.1. The van der Waals surface area contributed by atoms with Crippen molar-refractivity contribution in [2.24, 2.45) is 17.8 Å². The molecule has 36 heavy (non-hydrogen) atoms. The van der Waals surface area contributed by atoms with Crippen molar-refractivity contribution in [3.8, 4) is 0 Å². The third-order valence-corrected chi connectivity index (χ3v) is 8.78. The zero-order chi connectivity index (χ0) is 26.3. The van der Waals surface area contributed by atoms with Crippen LogP contribution < -0.4 is 0 Å². The molecule has 0 bridgehead atoms. The fourth-order valence-electron chi connectivity index (χ4n) is 6.75. The Morgan fingerprint density at radius 1 is 0.972 bits per heavy atom. The summed E-state index contributed by atoms with van der Waals surface area (Å²) in [6.45, 7) is 11.9. The van der Waals surface area contributed by atoms with Crippen LogP contribution in [0.4, 0.5) is 0 Å². The van der Waals surface area contributed by atoms with Crippen molar-refractivity contribution in [1.29, 1.82) is 0 Å². The van der Waals surface area contributed by atoms with E-state index in [0.717, 1.165) is 25.7 Å². The van der Waals surface area contributed by atoms with Gasteiger partial charge in [-0.3, -0.25) is 14.4 Å². The van der Waals surface area contributed by atoms with Gasteiger partial charge in [0, 0.05) is 26.2 Å². The smallest absolute Gasteiger partial charge is 0.249 e. The van der Waals surface area contributed by atoms with Gasteiger partial charge in [-0.2, -0.15) is 0 Å². The molecule has 1 N–H and O–H groups in total. The number of ether oxygens (including phenoxy) is 1. The minimum Gasteiger partial charge on any atom is -0.394 e. The fraction of sp³-hybridized carbons (Fsp3) is 0.750. The first kappa shape index (κ1) is 26.9. The van der Waals surface area contributed by atoms with Crippen molar-refractivity contribution < 1.29 is 24.2 Å². The van der Waals surface area contributed by atoms with Crippen LogP contribution in [-0.4, -0.2) is 93.6 Å². The highest BCUT2D eigenvalue weighted by Gasteiger charge is 2.75. The summed E-state index contributed by atoms with van der Waals surface area (Å²) in [4.78, 5) is 47.8. The van der Waals surface area contributed by atoms with Crippen molar-refractivity contribution in [2.45, 2.75) is 83.6 Å². The molecule has 4 aliphatic heterocycles. The van der Waals surface area contributed by atoms with Gasteiger partial charge in [0.15, 0.2) is 0 Å². The second kappa shape index (κ2) is 10.3. The van der Waals surface area contributed by atoms with E-state index in [1.54, 1.807) is 14.7 Å². The average Bonchev–Trinajstić information content (AvgIpc) is 3.13. The molecule has 0 aromatic rings. The second-order valence-electron chi connectivity index (χ2n) is 11.1. The van der Waals surface area contributed by atoms with Gasteiger partial charge in [0.25, 0.3) is 0 Å². The van der Waals surface area contributed by atoms with Crippen LogP contribution in [0.25, 0.3) is 0 Å². The van der Waals surface area contributed by atoms with Crippen LogP contribution in [0, 0.1) is 17.8 Å². The number of hydrogen-bond donors (Lipinski definition) is 1. The topological polar surface area (TPSA) is 90.4 Å². The number of aliphatic hydroxyl groups excluding tert-OH is 1. The van der Waals surface area contributed by atoms with Gasteiger partial charge in [0.05, 0.1) is 30.1 Å². The van der Waals surface area contributed by atoms with Crippen LogP contribution >= 0.6 is 0 Å². The van der Waals surface area contributed by atoms with Crippen LogP contribution in [0.3, 0.4) is 0 Å². The van der Waals surface area contributed by atoms with Gasteiger partial charge in [-0.25, -0.2) is 0 Å². The summed E-state index contributed by atoms with van der Waals surface area (Å²) >= 11 is 0. The van der Waals surface area contributed by atoms with Crippen LogP contribution in [0.1, 0.15) is 60.3 Å². The number of aliphatic hydroxyl groups is 1. The first-order valence-electron chi connectivity index (χ1n) is 13.8. The van der Waals surface area contributed by atoms with E-state index in [1.165, 1.54) is 0 Å². The summed E-state index contributed by atoms with van der Waals surface area (Å²) in [5, 5.41) is 10.4. The number of unbranched alkanes of at least 4 members (excludes halogenated alkanes) is 1. The zero-order valence-electron chi connectivity index (χ0n) is 22.5. The predicted octanol–water partition coefficient (Wildman–Crippen LogP) is 2.37. The highest BCUT2D eigenvalue weighted by atomic mass is 16.5. The molecule has 4 heterocycles. The Morgan fingerprint density at radius 3 is 2.25 bits per heavy atom. The van der Waals surface area contributed by atoms with Crippen LogP contribution in [0.2, 0.25) is 0 Å². The molecule has 200 valence electrons. The standard InChI is InChI=1S/C28H43N3O5/c1-6-9-15-30-17-11-13-28-22(21-24(33)29(14-7-2)16-10-12-27(21,5)36-28)25(34)31(23(28)26(30)35)20(18-32)19(4)8-3/h10-13,19-23,32H,6-9,14-18H2,1-5H3/t19-,20-,21-,22-,23?,27+,28-/m0/s1. The van der Waals surface area contributed by atoms with E-state index >= 15 is 0 Å². The molecule has 8 nitrogen and oxygen atoms in total. The molecular formula is C28H43N3O5. The van der Waals surface area contributed by atoms with Gasteiger partial charge in [0.1, 0.15) is 11.6 Å². The Bertz CT molecular complexity index is 934. The molecule has 3 amide bonds. The van der Waals surface area contributed by atoms with Gasteiger partial charge in [0.2, 0.25) is 17.7 Å². The molecule has 1 spiro atoms. The van der Waals surface area contributed by atoms with E-state index in [-0.39, 0.29) is 30.2 Å². The van der Waals surface area contributed by atoms with Crippen LogP contribution in [-0.2, 0) is 19.1 Å². The van der Waals surface area contributed by atoms with Crippen LogP contribution in [0.5, 0.6) is 0 Å². The van der Waals surface area contributed by atoms with Gasteiger partial charge >= 0.3 is 0 Å². The van der Waals surface area contributed by atoms with Crippen LogP contribution in [0.15, 0.2) is 24.3 Å². The number of likely N-dealkylation sites (tertiary alicyclic amines) is 1. The van der Waals surface area contributed by atoms with E-state index in [2.05, 4.69) is 6.92 Å². The lowest BCUT2D eigenvalue weighted by molar-refractivity contribution is -0.157. The van der Waals surface area contributed by atoms with Crippen molar-refractivity contribution in [1.82, 2.24) is 14.7 Å². The fourth-order valence-corrected chi connectivity index (χ4v) is 6.75. The molecule has 0 aromatic carbocycles. The Morgan fingerprint density at radius 2 is 1.64 bits per heavy atom. The van der Waals surface area contributed by atoms with Crippen molar-refractivity contribution >= 4 is 17.7 Å². The average molecular weight is 502 g/mol. The molecule has 0 radical (unpaired) electrons. The van der Waals surface area contributed by atoms with Crippen molar-refractivity contribution in [3.05, 3.63) is 24.3 Å². The maximum atomic E-state index is 14.4. The van der Waals surface area contributed by atoms with E-state index in [9.17, 15) is 19.5 Å². The maximum Gasteiger partial charge on any atom is 0.249 e. The number of fused-ring (bicyclic) bond motifs is 2. The van der Waals surface area contributed by atoms with Gasteiger partial charge in [-0.15, -0.1) is 0 Å². The molecule has 4 aliphatic rings. The van der Waals surface area contributed by atoms with Gasteiger partial charge in [-0.1, -0.05) is 64.8 Å². The molecule has 2 saturated heterocycles. The van der Waals surface area contributed by atoms with Crippen molar-refractivity contribution in [2.75, 3.05) is 32.8 Å². The molecule has 4 rings (SSSR count). The maximum absolute atomic E-state index is 14.4. The SMILES string of the molecule is CCCCN1CC=C[C@]23O[C@]4(C)C=CCN(CCC)C(=O)[C@@H]4[C@H]2C(=O)N([C@@H](CO)[C@@H](C)CC)C3C1=O. The zero-order valence-corrected chi connectivity index (χ0v) is 22.5. The first-order valence-corrected chi connectivity index (χ1v) is 13.8. The summed E-state index contributed by atoms with van der Waals surface area (Å²) < 4.78 is 6.84. The van der Waals surface area contributed by atoms with E-state index in [0.29, 0.717) is 26.2 Å². The van der Waals surface area contributed by atoms with Gasteiger partial charge < -0.3 is 24.5 Å². The molecule has 0 saturated carbocycles. The Balaban J connectivity index is 1.87. The van der Waals surface area contributed by atoms with Crippen molar-refractivity contribution in [3.63, 3.8) is 0 Å². The normalized spacial score (nSPS) is 35.4. The van der Waals surface area contributed by atoms with E-state index in [4.69, 9.17) is 4.74 Å². The minimum absolute atomic E-state index is 0.0216. The number of carbonyl (C=O) groups is 3. The highest BCUT2D eigenvalue weighted by molar-refractivity contribution is 6.00. The Hall–Kier alpha value is -2.19. The lowest BCUT2D eigenvalue weighted by Crippen LogP contribution is -2.59. The predicted molar refractivity (Wildman–Crippen MR) is 137 cm³/mol. The largest absolute Gasteiger partial charge is 0.394 e. The molecule has 2 fully saturated rings. The lowest BCUT2D eigenvalue weighted by Gasteiger charge is -2.41. The Labute approximate surface area is 215 Å². The molecule has 7 atom stereocenters. The third-order valence-electron chi connectivity index (χ3n) is 8.78. The quantitative estimate of drug-likeness (QED) is 0.490. The molecular weight excluding hydrogens is 458 g/mol. The summed E-state index contributed by atoms with van der Waals surface area (Å²) in [6.07, 6.45) is 11.1. The molecule has 0 aromatic heterocycles. The number of nitrogens with zero attached hydrogens (tertiary/aromatic N) is 3. The highest BCUT2D eigenvalue weighted by Crippen LogP contribution is 2.58. The number of carbonyl (C=O) groups excluding carboxylic acids is 3. The monoisotopic (exact) mass is 501 g/mol. The molecule has 0 aliphatic carbocycles. The lowest BCUT2D eigenvalue weighted by atomic mass is 9.74. The molecule has 8 heteroatoms. The van der Waals surface area contributed by atoms with E-state index < -0.39 is 35.1 Å².